The van der Waals surface area contributed by atoms with Gasteiger partial charge in [-0.3, -0.25) is 14.8 Å². The van der Waals surface area contributed by atoms with Crippen LogP contribution in [-0.4, -0.2) is 50.8 Å². The minimum Gasteiger partial charge on any atom is -0.515 e. The lowest BCUT2D eigenvalue weighted by molar-refractivity contribution is -0.112. The highest BCUT2D eigenvalue weighted by Gasteiger charge is 2.12. The van der Waals surface area contributed by atoms with Gasteiger partial charge >= 0.3 is 0 Å². The van der Waals surface area contributed by atoms with Crippen molar-refractivity contribution in [3.63, 3.8) is 0 Å². The van der Waals surface area contributed by atoms with E-state index in [1.54, 1.807) is 39.4 Å². The fourth-order valence-corrected chi connectivity index (χ4v) is 3.39. The Balaban J connectivity index is 0.000000277. The molecule has 2 radical (unpaired) electrons. The molecule has 4 aromatic rings. The molecular weight excluding hydrogens is 503 g/mol. The molecule has 0 bridgehead atoms. The van der Waals surface area contributed by atoms with Crippen molar-refractivity contribution in [3.8, 4) is 17.2 Å². The fourth-order valence-electron chi connectivity index (χ4n) is 3.39. The quantitative estimate of drug-likeness (QED) is 0.114. The first-order valence-corrected chi connectivity index (χ1v) is 12.7. The standard InChI is InChI=1S/C17H15BN2O2.C12H14N2O2.C2H6/c1-19-11-3-6-17(14(18)9-11)22-16-7-8-20-15-10-12(21-2)4-5-13(15)16;1-9(13-2)11(8-15)12(16)14-10-6-4-3-5-7-10;1-2/h3-10,19H,1-2H3;3-8,15H,1-2H3,(H,14,16);1-2H3/b;11-8-,13-9?;. The first-order chi connectivity index (χ1) is 19.4. The Labute approximate surface area is 237 Å². The van der Waals surface area contributed by atoms with Gasteiger partial charge in [-0.15, -0.1) is 0 Å². The van der Waals surface area contributed by atoms with Crippen LogP contribution in [0.5, 0.6) is 17.2 Å². The highest BCUT2D eigenvalue weighted by Crippen LogP contribution is 2.30. The van der Waals surface area contributed by atoms with Crippen LogP contribution < -0.4 is 25.6 Å². The molecule has 1 heterocycles. The summed E-state index contributed by atoms with van der Waals surface area (Å²) in [6, 6.07) is 22.1. The zero-order chi connectivity index (χ0) is 29.5. The van der Waals surface area contributed by atoms with Crippen LogP contribution in [-0.2, 0) is 4.79 Å². The maximum absolute atomic E-state index is 11.7. The van der Waals surface area contributed by atoms with Crippen molar-refractivity contribution in [2.24, 2.45) is 4.99 Å². The number of aliphatic hydroxyl groups excluding tert-OH is 1. The lowest BCUT2D eigenvalue weighted by Crippen LogP contribution is -2.19. The van der Waals surface area contributed by atoms with Gasteiger partial charge in [0.25, 0.3) is 5.91 Å². The van der Waals surface area contributed by atoms with Crippen LogP contribution in [0.4, 0.5) is 11.4 Å². The van der Waals surface area contributed by atoms with Gasteiger partial charge in [0.1, 0.15) is 25.1 Å². The summed E-state index contributed by atoms with van der Waals surface area (Å²) in [5, 5.41) is 15.6. The monoisotopic (exact) mass is 538 g/mol. The zero-order valence-corrected chi connectivity index (χ0v) is 23.7. The molecule has 206 valence electrons. The number of ether oxygens (including phenoxy) is 2. The number of aliphatic hydroxyl groups is 1. The second kappa shape index (κ2) is 16.2. The maximum atomic E-state index is 11.7. The molecule has 1 aromatic heterocycles. The van der Waals surface area contributed by atoms with Crippen molar-refractivity contribution in [3.05, 3.63) is 90.8 Å². The van der Waals surface area contributed by atoms with Crippen molar-refractivity contribution < 1.29 is 19.4 Å². The van der Waals surface area contributed by atoms with E-state index in [0.717, 1.165) is 28.6 Å². The third-order valence-corrected chi connectivity index (χ3v) is 5.56. The molecule has 0 aliphatic carbocycles. The minimum atomic E-state index is -0.378. The van der Waals surface area contributed by atoms with Gasteiger partial charge in [0, 0.05) is 48.8 Å². The molecule has 3 N–H and O–H groups in total. The number of benzene rings is 3. The van der Waals surface area contributed by atoms with E-state index in [-0.39, 0.29) is 11.5 Å². The third-order valence-electron chi connectivity index (χ3n) is 5.56. The van der Waals surface area contributed by atoms with E-state index >= 15 is 0 Å². The molecule has 1 amide bonds. The first kappa shape index (κ1) is 31.4. The Morgan fingerprint density at radius 2 is 1.73 bits per heavy atom. The van der Waals surface area contributed by atoms with E-state index in [9.17, 15) is 4.79 Å². The second-order valence-electron chi connectivity index (χ2n) is 7.97. The molecule has 0 aliphatic rings. The molecule has 4 rings (SSSR count). The lowest BCUT2D eigenvalue weighted by Gasteiger charge is -2.12. The summed E-state index contributed by atoms with van der Waals surface area (Å²) in [7, 11) is 11.1. The number of methoxy groups -OCH3 is 1. The number of carbonyl (C=O) groups is 1. The Morgan fingerprint density at radius 3 is 2.33 bits per heavy atom. The number of para-hydroxylation sites is 1. The number of aromatic nitrogens is 1. The Kier molecular flexibility index (Phi) is 12.8. The molecule has 0 unspecified atom stereocenters. The number of anilines is 2. The molecule has 40 heavy (non-hydrogen) atoms. The predicted molar refractivity (Wildman–Crippen MR) is 166 cm³/mol. The van der Waals surface area contributed by atoms with E-state index < -0.39 is 0 Å². The molecule has 0 atom stereocenters. The molecule has 0 fully saturated rings. The number of hydrogen-bond donors (Lipinski definition) is 3. The van der Waals surface area contributed by atoms with Gasteiger partial charge in [-0.1, -0.05) is 37.5 Å². The van der Waals surface area contributed by atoms with E-state index in [1.165, 1.54) is 0 Å². The molecule has 0 aliphatic heterocycles. The average Bonchev–Trinajstić information content (AvgIpc) is 3.00. The molecule has 3 aromatic carbocycles. The highest BCUT2D eigenvalue weighted by atomic mass is 16.5. The van der Waals surface area contributed by atoms with Crippen LogP contribution in [0.25, 0.3) is 10.9 Å². The van der Waals surface area contributed by atoms with Gasteiger partial charge in [-0.05, 0) is 55.5 Å². The number of nitrogens with one attached hydrogen (secondary N) is 2. The van der Waals surface area contributed by atoms with Crippen molar-refractivity contribution >= 4 is 47.2 Å². The van der Waals surface area contributed by atoms with Gasteiger partial charge in [0.15, 0.2) is 0 Å². The van der Waals surface area contributed by atoms with Crippen molar-refractivity contribution in [2.45, 2.75) is 20.8 Å². The van der Waals surface area contributed by atoms with Gasteiger partial charge in [0.2, 0.25) is 0 Å². The largest absolute Gasteiger partial charge is 0.515 e. The Bertz CT molecular complexity index is 1460. The maximum Gasteiger partial charge on any atom is 0.260 e. The number of hydrogen-bond acceptors (Lipinski definition) is 7. The summed E-state index contributed by atoms with van der Waals surface area (Å²) in [5.41, 5.74) is 3.64. The number of fused-ring (bicyclic) bond motifs is 1. The number of amides is 1. The van der Waals surface area contributed by atoms with Crippen LogP contribution in [0.2, 0.25) is 0 Å². The van der Waals surface area contributed by atoms with Crippen LogP contribution in [0.15, 0.2) is 95.8 Å². The smallest absolute Gasteiger partial charge is 0.260 e. The molecule has 0 saturated heterocycles. The van der Waals surface area contributed by atoms with E-state index in [2.05, 4.69) is 20.6 Å². The molecule has 8 nitrogen and oxygen atoms in total. The van der Waals surface area contributed by atoms with E-state index in [1.807, 2.05) is 81.6 Å². The van der Waals surface area contributed by atoms with Crippen LogP contribution in [0.1, 0.15) is 20.8 Å². The molecule has 0 spiro atoms. The molecular formula is C31H35BN4O4. The topological polar surface area (TPSA) is 105 Å². The van der Waals surface area contributed by atoms with E-state index in [0.29, 0.717) is 28.4 Å². The van der Waals surface area contributed by atoms with Gasteiger partial charge < -0.3 is 25.2 Å². The summed E-state index contributed by atoms with van der Waals surface area (Å²) in [5.74, 6) is 1.70. The lowest BCUT2D eigenvalue weighted by atomic mass is 9.94. The molecule has 9 heteroatoms. The summed E-state index contributed by atoms with van der Waals surface area (Å²) < 4.78 is 11.2. The zero-order valence-electron chi connectivity index (χ0n) is 23.7. The molecule has 0 saturated carbocycles. The van der Waals surface area contributed by atoms with Gasteiger partial charge in [-0.2, -0.15) is 0 Å². The number of carbonyl (C=O) groups excluding carboxylic acids is 1. The second-order valence-corrected chi connectivity index (χ2v) is 7.97. The minimum absolute atomic E-state index is 0.159. The summed E-state index contributed by atoms with van der Waals surface area (Å²) in [6.07, 6.45) is 2.47. The predicted octanol–water partition coefficient (Wildman–Crippen LogP) is 6.06. The number of rotatable bonds is 7. The summed E-state index contributed by atoms with van der Waals surface area (Å²) >= 11 is 0. The number of pyridine rings is 1. The van der Waals surface area contributed by atoms with Crippen molar-refractivity contribution in [1.82, 2.24) is 4.98 Å². The normalized spacial score (nSPS) is 10.8. The average molecular weight is 538 g/mol. The van der Waals surface area contributed by atoms with Crippen molar-refractivity contribution in [1.29, 1.82) is 0 Å². The number of aliphatic imine (C=N–C) groups is 1. The van der Waals surface area contributed by atoms with Crippen LogP contribution >= 0.6 is 0 Å². The third kappa shape index (κ3) is 8.63. The first-order valence-electron chi connectivity index (χ1n) is 12.7. The fraction of sp³-hybridized carbons (Fsp3) is 0.194. The van der Waals surface area contributed by atoms with Gasteiger partial charge in [-0.25, -0.2) is 0 Å². The Morgan fingerprint density at radius 1 is 1.00 bits per heavy atom. The SMILES string of the molecule is CC.CN=C(C)/C(=C/O)C(=O)Nc1ccccc1.[B]c1cc(NC)ccc1Oc1ccnc2cc(OC)ccc12. The summed E-state index contributed by atoms with van der Waals surface area (Å²) in [6.45, 7) is 5.66. The van der Waals surface area contributed by atoms with E-state index in [4.69, 9.17) is 22.4 Å². The number of nitrogens with zero attached hydrogens (tertiary/aromatic N) is 2. The van der Waals surface area contributed by atoms with Gasteiger partial charge in [0.05, 0.1) is 24.5 Å². The van der Waals surface area contributed by atoms with Crippen molar-refractivity contribution in [2.75, 3.05) is 31.8 Å². The Hall–Kier alpha value is -4.79. The highest BCUT2D eigenvalue weighted by molar-refractivity contribution is 6.34. The van der Waals surface area contributed by atoms with Crippen LogP contribution in [0.3, 0.4) is 0 Å². The summed E-state index contributed by atoms with van der Waals surface area (Å²) in [4.78, 5) is 19.9. The van der Waals surface area contributed by atoms with Crippen LogP contribution in [0, 0.1) is 0 Å².